The molecule has 0 amide bonds. The zero-order valence-electron chi connectivity index (χ0n) is 44.9. The second-order valence-corrected chi connectivity index (χ2v) is 19.2. The van der Waals surface area contributed by atoms with Crippen LogP contribution in [0.5, 0.6) is 0 Å². The van der Waals surface area contributed by atoms with Crippen LogP contribution in [-0.4, -0.2) is 37.2 Å². The number of hydrogen-bond donors (Lipinski definition) is 0. The highest BCUT2D eigenvalue weighted by Gasteiger charge is 2.19. The van der Waals surface area contributed by atoms with Crippen LogP contribution in [0.25, 0.3) is 0 Å². The molecule has 0 heterocycles. The predicted octanol–water partition coefficient (Wildman–Crippen LogP) is 19.4. The van der Waals surface area contributed by atoms with Crippen molar-refractivity contribution in [1.29, 1.82) is 0 Å². The Labute approximate surface area is 421 Å². The van der Waals surface area contributed by atoms with Crippen molar-refractivity contribution in [2.75, 3.05) is 13.2 Å². The lowest BCUT2D eigenvalue weighted by atomic mass is 10.0. The lowest BCUT2D eigenvalue weighted by Crippen LogP contribution is -2.30. The van der Waals surface area contributed by atoms with E-state index in [0.717, 1.165) is 96.3 Å². The molecule has 0 aliphatic carbocycles. The average Bonchev–Trinajstić information content (AvgIpc) is 3.34. The summed E-state index contributed by atoms with van der Waals surface area (Å²) in [5, 5.41) is 0. The van der Waals surface area contributed by atoms with Crippen LogP contribution in [0.1, 0.15) is 284 Å². The quantitative estimate of drug-likeness (QED) is 0.0262. The van der Waals surface area contributed by atoms with Gasteiger partial charge >= 0.3 is 17.9 Å². The summed E-state index contributed by atoms with van der Waals surface area (Å²) in [4.78, 5) is 38.1. The highest BCUT2D eigenvalue weighted by molar-refractivity contribution is 5.71. The van der Waals surface area contributed by atoms with Crippen molar-refractivity contribution in [2.45, 2.75) is 290 Å². The molecule has 0 spiro atoms. The van der Waals surface area contributed by atoms with Crippen molar-refractivity contribution < 1.29 is 28.6 Å². The normalized spacial score (nSPS) is 12.6. The van der Waals surface area contributed by atoms with Gasteiger partial charge < -0.3 is 14.2 Å². The fourth-order valence-electron chi connectivity index (χ4n) is 8.11. The van der Waals surface area contributed by atoms with Crippen LogP contribution in [0.2, 0.25) is 0 Å². The molecule has 0 N–H and O–H groups in total. The summed E-state index contributed by atoms with van der Waals surface area (Å²) in [5.41, 5.74) is 0. The van der Waals surface area contributed by atoms with Gasteiger partial charge in [-0.2, -0.15) is 0 Å². The Bertz CT molecular complexity index is 1270. The van der Waals surface area contributed by atoms with E-state index in [4.69, 9.17) is 14.2 Å². The van der Waals surface area contributed by atoms with Crippen molar-refractivity contribution in [1.82, 2.24) is 0 Å². The highest BCUT2D eigenvalue weighted by Crippen LogP contribution is 2.15. The van der Waals surface area contributed by atoms with Crippen molar-refractivity contribution in [3.05, 3.63) is 72.9 Å². The van der Waals surface area contributed by atoms with Gasteiger partial charge in [-0.3, -0.25) is 14.4 Å². The minimum absolute atomic E-state index is 0.0856. The summed E-state index contributed by atoms with van der Waals surface area (Å²) in [6.45, 7) is 6.51. The van der Waals surface area contributed by atoms with E-state index in [0.29, 0.717) is 19.3 Å². The Balaban J connectivity index is 4.41. The maximum atomic E-state index is 12.9. The number of allylic oxidation sites excluding steroid dienone is 12. The summed E-state index contributed by atoms with van der Waals surface area (Å²) in [6.07, 6.45) is 71.8. The summed E-state index contributed by atoms with van der Waals surface area (Å²) in [6, 6.07) is 0. The van der Waals surface area contributed by atoms with Crippen molar-refractivity contribution in [2.24, 2.45) is 0 Å². The lowest BCUT2D eigenvalue weighted by Gasteiger charge is -2.18. The summed E-state index contributed by atoms with van der Waals surface area (Å²) in [7, 11) is 0. The molecule has 0 aromatic carbocycles. The highest BCUT2D eigenvalue weighted by atomic mass is 16.6. The number of rotatable bonds is 52. The average molecular weight is 950 g/mol. The van der Waals surface area contributed by atoms with Gasteiger partial charge in [0.15, 0.2) is 6.10 Å². The fraction of sp³-hybridized carbons (Fsp3) is 0.758. The number of unbranched alkanes of at least 4 members (excludes halogenated alkanes) is 29. The van der Waals surface area contributed by atoms with Crippen LogP contribution < -0.4 is 0 Å². The van der Waals surface area contributed by atoms with E-state index in [2.05, 4.69) is 93.7 Å². The monoisotopic (exact) mass is 949 g/mol. The molecule has 0 saturated heterocycles. The Morgan fingerprint density at radius 1 is 0.309 bits per heavy atom. The van der Waals surface area contributed by atoms with Gasteiger partial charge in [0.25, 0.3) is 0 Å². The second-order valence-electron chi connectivity index (χ2n) is 19.2. The van der Waals surface area contributed by atoms with E-state index in [9.17, 15) is 14.4 Å². The van der Waals surface area contributed by atoms with Crippen molar-refractivity contribution in [3.8, 4) is 0 Å². The van der Waals surface area contributed by atoms with E-state index < -0.39 is 6.10 Å². The Morgan fingerprint density at radius 3 is 0.926 bits per heavy atom. The topological polar surface area (TPSA) is 78.9 Å². The summed E-state index contributed by atoms with van der Waals surface area (Å²) < 4.78 is 16.8. The zero-order chi connectivity index (χ0) is 49.3. The van der Waals surface area contributed by atoms with Gasteiger partial charge in [-0.25, -0.2) is 0 Å². The summed E-state index contributed by atoms with van der Waals surface area (Å²) >= 11 is 0. The number of ether oxygens (including phenoxy) is 3. The van der Waals surface area contributed by atoms with Gasteiger partial charge in [-0.15, -0.1) is 0 Å². The van der Waals surface area contributed by atoms with Crippen LogP contribution in [0, 0.1) is 0 Å². The molecule has 68 heavy (non-hydrogen) atoms. The summed E-state index contributed by atoms with van der Waals surface area (Å²) in [5.74, 6) is -0.915. The molecular formula is C62H108O6. The predicted molar refractivity (Wildman–Crippen MR) is 293 cm³/mol. The van der Waals surface area contributed by atoms with Crippen LogP contribution >= 0.6 is 0 Å². The molecule has 0 rings (SSSR count). The zero-order valence-corrected chi connectivity index (χ0v) is 44.9. The van der Waals surface area contributed by atoms with Gasteiger partial charge in [-0.05, 0) is 89.9 Å². The van der Waals surface area contributed by atoms with Gasteiger partial charge in [0.1, 0.15) is 13.2 Å². The number of carbonyl (C=O) groups excluding carboxylic acids is 3. The molecule has 6 nitrogen and oxygen atoms in total. The number of hydrogen-bond acceptors (Lipinski definition) is 6. The molecule has 0 bridgehead atoms. The van der Waals surface area contributed by atoms with Gasteiger partial charge in [0.2, 0.25) is 0 Å². The van der Waals surface area contributed by atoms with Crippen LogP contribution in [0.15, 0.2) is 72.9 Å². The second kappa shape index (κ2) is 56.4. The number of carbonyl (C=O) groups is 3. The molecular weight excluding hydrogens is 841 g/mol. The van der Waals surface area contributed by atoms with E-state index >= 15 is 0 Å². The van der Waals surface area contributed by atoms with E-state index in [1.165, 1.54) is 148 Å². The fourth-order valence-corrected chi connectivity index (χ4v) is 8.11. The molecule has 0 aliphatic heterocycles. The first kappa shape index (κ1) is 64.8. The minimum Gasteiger partial charge on any atom is -0.462 e. The van der Waals surface area contributed by atoms with E-state index in [1.807, 2.05) is 0 Å². The molecule has 392 valence electrons. The van der Waals surface area contributed by atoms with Crippen LogP contribution in [0.4, 0.5) is 0 Å². The molecule has 0 radical (unpaired) electrons. The van der Waals surface area contributed by atoms with Crippen LogP contribution in [-0.2, 0) is 28.6 Å². The Hall–Kier alpha value is -3.15. The molecule has 0 aromatic heterocycles. The maximum absolute atomic E-state index is 12.9. The molecule has 1 unspecified atom stereocenters. The third-order valence-electron chi connectivity index (χ3n) is 12.4. The number of esters is 3. The molecule has 0 saturated carbocycles. The Kier molecular flexibility index (Phi) is 53.8. The molecule has 1 atom stereocenters. The first-order valence-corrected chi connectivity index (χ1v) is 28.9. The molecule has 0 aromatic rings. The smallest absolute Gasteiger partial charge is 0.306 e. The lowest BCUT2D eigenvalue weighted by molar-refractivity contribution is -0.167. The standard InChI is InChI=1S/C62H108O6/c1-4-7-10-13-16-19-22-25-27-29-31-33-35-37-40-43-46-49-52-55-61(64)67-58-59(57-66-60(63)54-51-48-45-42-39-24-21-18-15-12-9-6-3)68-62(65)56-53-50-47-44-41-38-36-34-32-30-28-26-23-20-17-14-11-8-5-2/h7,10,16,19,25,27,30-33,37,40,59H,4-6,8-9,11-15,17-18,20-24,26,28-29,34-36,38-39,41-58H2,1-3H3/b10-7-,19-16-,27-25-,32-30-,33-31-,40-37-. The van der Waals surface area contributed by atoms with Crippen molar-refractivity contribution in [3.63, 3.8) is 0 Å². The van der Waals surface area contributed by atoms with E-state index in [1.54, 1.807) is 0 Å². The van der Waals surface area contributed by atoms with E-state index in [-0.39, 0.29) is 31.1 Å². The minimum atomic E-state index is -0.790. The molecule has 0 aliphatic rings. The largest absolute Gasteiger partial charge is 0.462 e. The van der Waals surface area contributed by atoms with Crippen LogP contribution in [0.3, 0.4) is 0 Å². The maximum Gasteiger partial charge on any atom is 0.306 e. The third-order valence-corrected chi connectivity index (χ3v) is 12.4. The molecule has 0 fully saturated rings. The molecule has 6 heteroatoms. The SMILES string of the molecule is CC/C=C\C/C=C\C/C=C\C/C=C\C/C=C\CCCCCC(=O)OCC(COC(=O)CCCCCCCCCCCCCC)OC(=O)CCCCCCCCC/C=C\CCCCCCCCCC. The van der Waals surface area contributed by atoms with Gasteiger partial charge in [0, 0.05) is 19.3 Å². The first-order chi connectivity index (χ1) is 33.5. The first-order valence-electron chi connectivity index (χ1n) is 28.9. The van der Waals surface area contributed by atoms with Gasteiger partial charge in [0.05, 0.1) is 0 Å². The van der Waals surface area contributed by atoms with Gasteiger partial charge in [-0.1, -0.05) is 248 Å². The Morgan fingerprint density at radius 2 is 0.574 bits per heavy atom. The van der Waals surface area contributed by atoms with Crippen molar-refractivity contribution >= 4 is 17.9 Å². The third kappa shape index (κ3) is 53.8.